The second kappa shape index (κ2) is 7.69. The number of aromatic nitrogens is 3. The van der Waals surface area contributed by atoms with Crippen LogP contribution in [0, 0.1) is 6.92 Å². The number of benzene rings is 1. The SMILES string of the molecule is Cc1nc(S(=O)(=O)N2CCCN(C(=O)C(=O)c3c[nH]c4ccccc34)CC2)cn1C. The first-order valence-electron chi connectivity index (χ1n) is 9.69. The molecule has 1 amide bonds. The molecule has 1 aromatic carbocycles. The molecule has 1 N–H and O–H groups in total. The number of hydrogen-bond donors (Lipinski definition) is 1. The van der Waals surface area contributed by atoms with Crippen LogP contribution in [0.1, 0.15) is 22.6 Å². The van der Waals surface area contributed by atoms with Crippen molar-refractivity contribution in [2.75, 3.05) is 26.2 Å². The number of ketones is 1. The van der Waals surface area contributed by atoms with Gasteiger partial charge in [-0.2, -0.15) is 4.31 Å². The standard InChI is InChI=1S/C20H23N5O4S/c1-14-22-18(13-23(14)2)30(28,29)25-9-5-8-24(10-11-25)20(27)19(26)16-12-21-17-7-4-3-6-15(16)17/h3-4,6-7,12-13,21H,5,8-11H2,1-2H3. The van der Waals surface area contributed by atoms with Gasteiger partial charge in [0.2, 0.25) is 0 Å². The second-order valence-electron chi connectivity index (χ2n) is 7.36. The number of fused-ring (bicyclic) bond motifs is 1. The number of aromatic amines is 1. The van der Waals surface area contributed by atoms with Gasteiger partial charge in [0.25, 0.3) is 21.7 Å². The van der Waals surface area contributed by atoms with E-state index in [1.54, 1.807) is 30.8 Å². The van der Waals surface area contributed by atoms with Crippen molar-refractivity contribution >= 4 is 32.6 Å². The molecule has 1 fully saturated rings. The number of carbonyl (C=O) groups excluding carboxylic acids is 2. The average Bonchev–Trinajstić information content (AvgIpc) is 3.20. The minimum Gasteiger partial charge on any atom is -0.360 e. The lowest BCUT2D eigenvalue weighted by molar-refractivity contribution is -0.126. The van der Waals surface area contributed by atoms with Gasteiger partial charge in [0.1, 0.15) is 5.82 Å². The first-order valence-corrected chi connectivity index (χ1v) is 11.1. The fourth-order valence-corrected chi connectivity index (χ4v) is 5.13. The number of aryl methyl sites for hydroxylation is 2. The highest BCUT2D eigenvalue weighted by atomic mass is 32.2. The van der Waals surface area contributed by atoms with Crippen LogP contribution in [0.3, 0.4) is 0 Å². The summed E-state index contributed by atoms with van der Waals surface area (Å²) in [6.07, 6.45) is 3.47. The summed E-state index contributed by atoms with van der Waals surface area (Å²) in [5.41, 5.74) is 1.11. The summed E-state index contributed by atoms with van der Waals surface area (Å²) in [4.78, 5) is 34.2. The van der Waals surface area contributed by atoms with E-state index < -0.39 is 21.7 Å². The number of sulfonamides is 1. The van der Waals surface area contributed by atoms with E-state index in [1.807, 2.05) is 18.2 Å². The van der Waals surface area contributed by atoms with Gasteiger partial charge >= 0.3 is 0 Å². The highest BCUT2D eigenvalue weighted by molar-refractivity contribution is 7.89. The lowest BCUT2D eigenvalue weighted by Crippen LogP contribution is -2.40. The number of para-hydroxylation sites is 1. The van der Waals surface area contributed by atoms with Gasteiger partial charge in [-0.25, -0.2) is 13.4 Å². The third-order valence-electron chi connectivity index (χ3n) is 5.46. The molecule has 1 aliphatic rings. The summed E-state index contributed by atoms with van der Waals surface area (Å²) < 4.78 is 28.8. The van der Waals surface area contributed by atoms with Crippen molar-refractivity contribution in [2.24, 2.45) is 7.05 Å². The first kappa shape index (κ1) is 20.3. The Bertz CT molecular complexity index is 1210. The summed E-state index contributed by atoms with van der Waals surface area (Å²) >= 11 is 0. The van der Waals surface area contributed by atoms with Gasteiger partial charge in [0.15, 0.2) is 5.03 Å². The molecule has 1 saturated heterocycles. The van der Waals surface area contributed by atoms with Gasteiger partial charge in [0.05, 0.1) is 5.56 Å². The molecule has 3 heterocycles. The third-order valence-corrected chi connectivity index (χ3v) is 7.23. The number of carbonyl (C=O) groups is 2. The van der Waals surface area contributed by atoms with Gasteiger partial charge in [-0.1, -0.05) is 18.2 Å². The molecule has 0 atom stereocenters. The van der Waals surface area contributed by atoms with Crippen LogP contribution >= 0.6 is 0 Å². The van der Waals surface area contributed by atoms with Crippen molar-refractivity contribution in [3.8, 4) is 0 Å². The maximum absolute atomic E-state index is 12.9. The van der Waals surface area contributed by atoms with Crippen LogP contribution in [0.2, 0.25) is 0 Å². The van der Waals surface area contributed by atoms with Crippen molar-refractivity contribution in [1.29, 1.82) is 0 Å². The van der Waals surface area contributed by atoms with Crippen molar-refractivity contribution in [3.05, 3.63) is 48.0 Å². The highest BCUT2D eigenvalue weighted by Gasteiger charge is 2.32. The summed E-state index contributed by atoms with van der Waals surface area (Å²) in [6.45, 7) is 2.59. The first-order chi connectivity index (χ1) is 14.3. The van der Waals surface area contributed by atoms with Crippen LogP contribution in [0.5, 0.6) is 0 Å². The number of nitrogens with zero attached hydrogens (tertiary/aromatic N) is 4. The van der Waals surface area contributed by atoms with Gasteiger partial charge in [-0.3, -0.25) is 9.59 Å². The molecule has 0 saturated carbocycles. The second-order valence-corrected chi connectivity index (χ2v) is 9.25. The lowest BCUT2D eigenvalue weighted by atomic mass is 10.1. The van der Waals surface area contributed by atoms with Crippen molar-refractivity contribution in [3.63, 3.8) is 0 Å². The minimum absolute atomic E-state index is 0.00264. The van der Waals surface area contributed by atoms with Gasteiger partial charge in [-0.15, -0.1) is 0 Å². The topological polar surface area (TPSA) is 108 Å². The molecule has 0 radical (unpaired) electrons. The summed E-state index contributed by atoms with van der Waals surface area (Å²) in [7, 11) is -2.02. The Morgan fingerprint density at radius 1 is 1.10 bits per heavy atom. The van der Waals surface area contributed by atoms with Crippen molar-refractivity contribution in [2.45, 2.75) is 18.4 Å². The van der Waals surface area contributed by atoms with Gasteiger partial charge < -0.3 is 14.5 Å². The van der Waals surface area contributed by atoms with Crippen molar-refractivity contribution in [1.82, 2.24) is 23.7 Å². The minimum atomic E-state index is -3.75. The quantitative estimate of drug-likeness (QED) is 0.497. The Balaban J connectivity index is 1.50. The van der Waals surface area contributed by atoms with Crippen LogP contribution in [-0.2, 0) is 21.9 Å². The number of amides is 1. The van der Waals surface area contributed by atoms with Gasteiger partial charge in [0, 0.05) is 56.5 Å². The largest absolute Gasteiger partial charge is 0.360 e. The van der Waals surface area contributed by atoms with Gasteiger partial charge in [-0.05, 0) is 19.4 Å². The van der Waals surface area contributed by atoms with Crippen LogP contribution in [0.25, 0.3) is 10.9 Å². The van der Waals surface area contributed by atoms with Crippen LogP contribution in [0.4, 0.5) is 0 Å². The summed E-state index contributed by atoms with van der Waals surface area (Å²) in [5.74, 6) is -0.610. The number of nitrogens with one attached hydrogen (secondary N) is 1. The zero-order valence-electron chi connectivity index (χ0n) is 16.8. The Hall–Kier alpha value is -2.98. The van der Waals surface area contributed by atoms with E-state index in [4.69, 9.17) is 0 Å². The molecular weight excluding hydrogens is 406 g/mol. The van der Waals surface area contributed by atoms with Crippen LogP contribution in [0.15, 0.2) is 41.7 Å². The number of hydrogen-bond acceptors (Lipinski definition) is 5. The molecule has 2 aromatic heterocycles. The number of imidazole rings is 1. The van der Waals surface area contributed by atoms with E-state index in [0.717, 1.165) is 5.52 Å². The molecule has 9 nitrogen and oxygen atoms in total. The summed E-state index contributed by atoms with van der Waals surface area (Å²) in [5, 5.41) is 0.692. The number of Topliss-reactive ketones (excluding diaryl/α,β-unsaturated/α-hetero) is 1. The molecule has 0 unspecified atom stereocenters. The molecule has 4 rings (SSSR count). The normalized spacial score (nSPS) is 16.0. The zero-order valence-corrected chi connectivity index (χ0v) is 17.6. The van der Waals surface area contributed by atoms with E-state index in [2.05, 4.69) is 9.97 Å². The average molecular weight is 430 g/mol. The third kappa shape index (κ3) is 3.52. The van der Waals surface area contributed by atoms with E-state index in [0.29, 0.717) is 29.7 Å². The molecule has 3 aromatic rings. The van der Waals surface area contributed by atoms with Crippen LogP contribution in [-0.4, -0.2) is 70.0 Å². The predicted molar refractivity (Wildman–Crippen MR) is 111 cm³/mol. The molecular formula is C20H23N5O4S. The molecule has 1 aliphatic heterocycles. The maximum Gasteiger partial charge on any atom is 0.295 e. The smallest absolute Gasteiger partial charge is 0.295 e. The lowest BCUT2D eigenvalue weighted by Gasteiger charge is -2.20. The Kier molecular flexibility index (Phi) is 5.20. The molecule has 30 heavy (non-hydrogen) atoms. The molecule has 0 bridgehead atoms. The Labute approximate surface area is 174 Å². The Morgan fingerprint density at radius 3 is 2.60 bits per heavy atom. The fourth-order valence-electron chi connectivity index (χ4n) is 3.64. The summed E-state index contributed by atoms with van der Waals surface area (Å²) in [6, 6.07) is 7.29. The molecule has 10 heteroatoms. The monoisotopic (exact) mass is 429 g/mol. The van der Waals surface area contributed by atoms with E-state index in [1.165, 1.54) is 15.4 Å². The molecule has 0 aliphatic carbocycles. The molecule has 158 valence electrons. The van der Waals surface area contributed by atoms with Crippen LogP contribution < -0.4 is 0 Å². The highest BCUT2D eigenvalue weighted by Crippen LogP contribution is 2.20. The number of H-pyrrole nitrogens is 1. The van der Waals surface area contributed by atoms with E-state index in [9.17, 15) is 18.0 Å². The Morgan fingerprint density at radius 2 is 1.87 bits per heavy atom. The maximum atomic E-state index is 12.9. The van der Waals surface area contributed by atoms with Crippen molar-refractivity contribution < 1.29 is 18.0 Å². The molecule has 0 spiro atoms. The number of rotatable bonds is 4. The fraction of sp³-hybridized carbons (Fsp3) is 0.350. The van der Waals surface area contributed by atoms with E-state index >= 15 is 0 Å². The van der Waals surface area contributed by atoms with E-state index in [-0.39, 0.29) is 24.7 Å². The zero-order chi connectivity index (χ0) is 21.5. The predicted octanol–water partition coefficient (Wildman–Crippen LogP) is 1.32.